The van der Waals surface area contributed by atoms with E-state index in [2.05, 4.69) is 5.32 Å². The Morgan fingerprint density at radius 3 is 2.78 bits per heavy atom. The second-order valence-electron chi connectivity index (χ2n) is 6.24. The van der Waals surface area contributed by atoms with Crippen molar-refractivity contribution in [1.82, 2.24) is 15.1 Å². The number of carbonyl (C=O) groups excluding carboxylic acids is 2. The Balaban J connectivity index is 1.60. The summed E-state index contributed by atoms with van der Waals surface area (Å²) in [7, 11) is 0. The van der Waals surface area contributed by atoms with Crippen molar-refractivity contribution >= 4 is 11.8 Å². The van der Waals surface area contributed by atoms with E-state index in [-0.39, 0.29) is 23.6 Å². The number of rotatable bonds is 3. The minimum Gasteiger partial charge on any atom is -0.508 e. The molecule has 0 bridgehead atoms. The van der Waals surface area contributed by atoms with E-state index in [1.165, 1.54) is 0 Å². The molecule has 1 aromatic rings. The molecule has 1 unspecified atom stereocenters. The Morgan fingerprint density at radius 1 is 1.26 bits per heavy atom. The number of benzene rings is 1. The second-order valence-corrected chi connectivity index (χ2v) is 6.24. The first-order valence-corrected chi connectivity index (χ1v) is 8.19. The van der Waals surface area contributed by atoms with Crippen molar-refractivity contribution in [2.75, 3.05) is 32.7 Å². The molecule has 0 aromatic heterocycles. The highest BCUT2D eigenvalue weighted by molar-refractivity contribution is 5.80. The van der Waals surface area contributed by atoms with Gasteiger partial charge in [-0.1, -0.05) is 12.1 Å². The lowest BCUT2D eigenvalue weighted by molar-refractivity contribution is -0.140. The van der Waals surface area contributed by atoms with Gasteiger partial charge in [0.1, 0.15) is 5.75 Å². The van der Waals surface area contributed by atoms with E-state index in [0.717, 1.165) is 38.0 Å². The summed E-state index contributed by atoms with van der Waals surface area (Å²) in [6, 6.07) is 6.88. The molecule has 2 fully saturated rings. The molecule has 2 heterocycles. The van der Waals surface area contributed by atoms with Gasteiger partial charge in [-0.3, -0.25) is 9.59 Å². The highest BCUT2D eigenvalue weighted by Gasteiger charge is 2.31. The number of piperazine rings is 1. The van der Waals surface area contributed by atoms with Gasteiger partial charge in [-0.05, 0) is 30.5 Å². The van der Waals surface area contributed by atoms with Crippen LogP contribution < -0.4 is 5.32 Å². The molecule has 23 heavy (non-hydrogen) atoms. The molecule has 0 radical (unpaired) electrons. The summed E-state index contributed by atoms with van der Waals surface area (Å²) in [6.07, 6.45) is 2.24. The first-order valence-electron chi connectivity index (χ1n) is 8.19. The Kier molecular flexibility index (Phi) is 4.81. The number of nitrogens with one attached hydrogen (secondary N) is 1. The van der Waals surface area contributed by atoms with Crippen LogP contribution in [0.5, 0.6) is 5.75 Å². The molecule has 2 aliphatic heterocycles. The van der Waals surface area contributed by atoms with Gasteiger partial charge in [0, 0.05) is 32.2 Å². The molecule has 1 atom stereocenters. The molecule has 124 valence electrons. The fraction of sp³-hybridized carbons (Fsp3) is 0.529. The Labute approximate surface area is 136 Å². The van der Waals surface area contributed by atoms with Gasteiger partial charge in [0.2, 0.25) is 11.8 Å². The zero-order valence-corrected chi connectivity index (χ0v) is 13.2. The summed E-state index contributed by atoms with van der Waals surface area (Å²) >= 11 is 0. The van der Waals surface area contributed by atoms with Crippen molar-refractivity contribution in [3.63, 3.8) is 0 Å². The van der Waals surface area contributed by atoms with Gasteiger partial charge in [0.25, 0.3) is 0 Å². The zero-order chi connectivity index (χ0) is 16.2. The SMILES string of the molecule is O=C(Cc1ccc(O)cc1)N1CCCC(N2CCNCC2=O)C1. The first-order chi connectivity index (χ1) is 11.1. The molecule has 6 heteroatoms. The highest BCUT2D eigenvalue weighted by atomic mass is 16.3. The number of carbonyl (C=O) groups is 2. The van der Waals surface area contributed by atoms with Gasteiger partial charge >= 0.3 is 0 Å². The molecular weight excluding hydrogens is 294 g/mol. The van der Waals surface area contributed by atoms with Crippen molar-refractivity contribution in [3.05, 3.63) is 29.8 Å². The molecule has 0 aliphatic carbocycles. The summed E-state index contributed by atoms with van der Waals surface area (Å²) in [4.78, 5) is 28.3. The molecule has 0 spiro atoms. The van der Waals surface area contributed by atoms with E-state index in [9.17, 15) is 14.7 Å². The average Bonchev–Trinajstić information content (AvgIpc) is 2.57. The van der Waals surface area contributed by atoms with Crippen LogP contribution in [0.2, 0.25) is 0 Å². The first kappa shape index (κ1) is 15.8. The zero-order valence-electron chi connectivity index (χ0n) is 13.2. The Morgan fingerprint density at radius 2 is 2.04 bits per heavy atom. The van der Waals surface area contributed by atoms with E-state index in [1.54, 1.807) is 24.3 Å². The molecule has 2 N–H and O–H groups in total. The monoisotopic (exact) mass is 317 g/mol. The maximum Gasteiger partial charge on any atom is 0.236 e. The van der Waals surface area contributed by atoms with Crippen LogP contribution in [0.15, 0.2) is 24.3 Å². The van der Waals surface area contributed by atoms with Crippen LogP contribution in [-0.2, 0) is 16.0 Å². The molecule has 2 saturated heterocycles. The number of piperidine rings is 1. The lowest BCUT2D eigenvalue weighted by Gasteiger charge is -2.41. The van der Waals surface area contributed by atoms with Crippen molar-refractivity contribution < 1.29 is 14.7 Å². The lowest BCUT2D eigenvalue weighted by Crippen LogP contribution is -2.57. The number of hydrogen-bond donors (Lipinski definition) is 2. The number of amides is 2. The van der Waals surface area contributed by atoms with Crippen LogP contribution in [0, 0.1) is 0 Å². The smallest absolute Gasteiger partial charge is 0.236 e. The number of phenols is 1. The van der Waals surface area contributed by atoms with E-state index in [0.29, 0.717) is 19.5 Å². The van der Waals surface area contributed by atoms with Crippen molar-refractivity contribution in [2.24, 2.45) is 0 Å². The third kappa shape index (κ3) is 3.82. The molecule has 6 nitrogen and oxygen atoms in total. The van der Waals surface area contributed by atoms with E-state index >= 15 is 0 Å². The standard InChI is InChI=1S/C17H23N3O3/c21-15-5-3-13(4-6-15)10-16(22)19-8-1-2-14(12-19)20-9-7-18-11-17(20)23/h3-6,14,18,21H,1-2,7-12H2. The van der Waals surface area contributed by atoms with Gasteiger partial charge in [-0.15, -0.1) is 0 Å². The molecular formula is C17H23N3O3. The number of likely N-dealkylation sites (tertiary alicyclic amines) is 1. The highest BCUT2D eigenvalue weighted by Crippen LogP contribution is 2.18. The van der Waals surface area contributed by atoms with Crippen molar-refractivity contribution in [1.29, 1.82) is 0 Å². The normalized spacial score (nSPS) is 22.3. The summed E-state index contributed by atoms with van der Waals surface area (Å²) in [5.41, 5.74) is 0.896. The fourth-order valence-corrected chi connectivity index (χ4v) is 3.34. The number of hydrogen-bond acceptors (Lipinski definition) is 4. The number of aromatic hydroxyl groups is 1. The average molecular weight is 317 g/mol. The summed E-state index contributed by atoms with van der Waals surface area (Å²) < 4.78 is 0. The summed E-state index contributed by atoms with van der Waals surface area (Å²) in [6.45, 7) is 3.33. The van der Waals surface area contributed by atoms with Gasteiger partial charge in [-0.2, -0.15) is 0 Å². The lowest BCUT2D eigenvalue weighted by atomic mass is 10.0. The molecule has 2 amide bonds. The molecule has 2 aliphatic rings. The summed E-state index contributed by atoms with van der Waals surface area (Å²) in [5.74, 6) is 0.425. The second kappa shape index (κ2) is 7.00. The van der Waals surface area contributed by atoms with Gasteiger partial charge in [0.15, 0.2) is 0 Å². The molecule has 3 rings (SSSR count). The largest absolute Gasteiger partial charge is 0.508 e. The van der Waals surface area contributed by atoms with Crippen LogP contribution >= 0.6 is 0 Å². The van der Waals surface area contributed by atoms with Crippen molar-refractivity contribution in [3.8, 4) is 5.75 Å². The van der Waals surface area contributed by atoms with Crippen LogP contribution in [-0.4, -0.2) is 65.5 Å². The third-order valence-electron chi connectivity index (χ3n) is 4.61. The van der Waals surface area contributed by atoms with E-state index in [4.69, 9.17) is 0 Å². The fourth-order valence-electron chi connectivity index (χ4n) is 3.34. The van der Waals surface area contributed by atoms with Crippen LogP contribution in [0.1, 0.15) is 18.4 Å². The minimum atomic E-state index is 0.0861. The van der Waals surface area contributed by atoms with E-state index in [1.807, 2.05) is 9.80 Å². The minimum absolute atomic E-state index is 0.0861. The van der Waals surface area contributed by atoms with Crippen LogP contribution in [0.25, 0.3) is 0 Å². The van der Waals surface area contributed by atoms with Crippen LogP contribution in [0.4, 0.5) is 0 Å². The molecule has 1 aromatic carbocycles. The van der Waals surface area contributed by atoms with Crippen LogP contribution in [0.3, 0.4) is 0 Å². The van der Waals surface area contributed by atoms with Gasteiger partial charge in [0.05, 0.1) is 13.0 Å². The molecule has 0 saturated carbocycles. The van der Waals surface area contributed by atoms with Crippen molar-refractivity contribution in [2.45, 2.75) is 25.3 Å². The maximum absolute atomic E-state index is 12.5. The Hall–Kier alpha value is -2.08. The van der Waals surface area contributed by atoms with Gasteiger partial charge < -0.3 is 20.2 Å². The topological polar surface area (TPSA) is 72.9 Å². The number of phenolic OH excluding ortho intramolecular Hbond substituents is 1. The quantitative estimate of drug-likeness (QED) is 0.844. The predicted molar refractivity (Wildman–Crippen MR) is 86.0 cm³/mol. The summed E-state index contributed by atoms with van der Waals surface area (Å²) in [5, 5.41) is 12.4. The van der Waals surface area contributed by atoms with Gasteiger partial charge in [-0.25, -0.2) is 0 Å². The van der Waals surface area contributed by atoms with E-state index < -0.39 is 0 Å². The Bertz CT molecular complexity index is 573. The maximum atomic E-state index is 12.5. The third-order valence-corrected chi connectivity index (χ3v) is 4.61. The predicted octanol–water partition coefficient (Wildman–Crippen LogP) is 0.358. The number of nitrogens with zero attached hydrogens (tertiary/aromatic N) is 2.